The van der Waals surface area contributed by atoms with Gasteiger partial charge in [-0.2, -0.15) is 0 Å². The fourth-order valence-corrected chi connectivity index (χ4v) is 9.65. The monoisotopic (exact) mass is 814 g/mol. The SMILES string of the molecule is c1ccc(-c2ccc(N(c3ccc(-c4ccccc4)cc3)c3ccc4c(ccc5cc(-c6ccc7c(c6)-c6ccccc6-c6ccccc6N7c6ccccc6)ccc54)c3)cc2)cc1. The smallest absolute Gasteiger partial charge is 0.0540 e. The van der Waals surface area contributed by atoms with Gasteiger partial charge in [-0.25, -0.2) is 0 Å². The normalized spacial score (nSPS) is 11.7. The number of anilines is 6. The lowest BCUT2D eigenvalue weighted by molar-refractivity contribution is 1.29. The molecule has 1 aliphatic rings. The highest BCUT2D eigenvalue weighted by Gasteiger charge is 2.26. The van der Waals surface area contributed by atoms with Crippen molar-refractivity contribution in [2.24, 2.45) is 0 Å². The Balaban J connectivity index is 0.931. The highest BCUT2D eigenvalue weighted by molar-refractivity contribution is 6.10. The molecule has 0 amide bonds. The second-order valence-electron chi connectivity index (χ2n) is 16.5. The molecule has 1 heterocycles. The molecule has 0 radical (unpaired) electrons. The number of hydrogen-bond donors (Lipinski definition) is 0. The Morgan fingerprint density at radius 1 is 0.250 bits per heavy atom. The van der Waals surface area contributed by atoms with Gasteiger partial charge in [-0.05, 0) is 139 Å². The maximum atomic E-state index is 2.41. The molecule has 0 unspecified atom stereocenters. The van der Waals surface area contributed by atoms with Gasteiger partial charge in [0.2, 0.25) is 0 Å². The van der Waals surface area contributed by atoms with E-state index in [0.29, 0.717) is 0 Å². The lowest BCUT2D eigenvalue weighted by Gasteiger charge is -2.27. The van der Waals surface area contributed by atoms with Crippen molar-refractivity contribution in [1.29, 1.82) is 0 Å². The molecule has 11 aromatic rings. The minimum atomic E-state index is 1.11. The minimum absolute atomic E-state index is 1.11. The number of nitrogens with zero attached hydrogens (tertiary/aromatic N) is 2. The van der Waals surface area contributed by atoms with Crippen molar-refractivity contribution >= 4 is 55.7 Å². The zero-order valence-corrected chi connectivity index (χ0v) is 35.1. The lowest BCUT2D eigenvalue weighted by Crippen LogP contribution is -2.10. The molecule has 64 heavy (non-hydrogen) atoms. The quantitative estimate of drug-likeness (QED) is 0.148. The van der Waals surface area contributed by atoms with E-state index in [-0.39, 0.29) is 0 Å². The van der Waals surface area contributed by atoms with E-state index in [1.165, 1.54) is 88.6 Å². The summed E-state index contributed by atoms with van der Waals surface area (Å²) in [5.41, 5.74) is 18.9. The summed E-state index contributed by atoms with van der Waals surface area (Å²) in [6.45, 7) is 0. The first kappa shape index (κ1) is 37.3. The topological polar surface area (TPSA) is 6.48 Å². The van der Waals surface area contributed by atoms with Crippen LogP contribution in [0.4, 0.5) is 34.1 Å². The zero-order valence-electron chi connectivity index (χ0n) is 35.1. The molecule has 0 spiro atoms. The summed E-state index contributed by atoms with van der Waals surface area (Å²) in [4.78, 5) is 4.78. The van der Waals surface area contributed by atoms with Crippen molar-refractivity contribution in [2.45, 2.75) is 0 Å². The second kappa shape index (κ2) is 15.8. The Labute approximate surface area is 374 Å². The molecule has 0 aliphatic carbocycles. The average Bonchev–Trinajstić information content (AvgIpc) is 3.50. The lowest BCUT2D eigenvalue weighted by atomic mass is 9.92. The minimum Gasteiger partial charge on any atom is -0.310 e. The van der Waals surface area contributed by atoms with Crippen molar-refractivity contribution in [3.63, 3.8) is 0 Å². The summed E-state index contributed by atoms with van der Waals surface area (Å²) < 4.78 is 0. The first-order valence-corrected chi connectivity index (χ1v) is 22.0. The van der Waals surface area contributed by atoms with Crippen molar-refractivity contribution in [3.8, 4) is 55.6 Å². The van der Waals surface area contributed by atoms with Crippen LogP contribution in [0.15, 0.2) is 255 Å². The molecule has 0 saturated heterocycles. The van der Waals surface area contributed by atoms with Gasteiger partial charge in [0.05, 0.1) is 11.4 Å². The summed E-state index contributed by atoms with van der Waals surface area (Å²) >= 11 is 0. The van der Waals surface area contributed by atoms with Crippen LogP contribution in [0.25, 0.3) is 77.2 Å². The molecule has 0 N–H and O–H groups in total. The molecular formula is C62H42N2. The van der Waals surface area contributed by atoms with Gasteiger partial charge in [0.15, 0.2) is 0 Å². The van der Waals surface area contributed by atoms with E-state index in [1.807, 2.05) is 0 Å². The molecule has 0 bridgehead atoms. The summed E-state index contributed by atoms with van der Waals surface area (Å²) in [6, 6.07) is 92.7. The fourth-order valence-electron chi connectivity index (χ4n) is 9.65. The van der Waals surface area contributed by atoms with Gasteiger partial charge in [-0.3, -0.25) is 0 Å². The van der Waals surface area contributed by atoms with E-state index in [9.17, 15) is 0 Å². The van der Waals surface area contributed by atoms with Crippen LogP contribution in [0, 0.1) is 0 Å². The molecule has 12 rings (SSSR count). The van der Waals surface area contributed by atoms with Gasteiger partial charge in [0.1, 0.15) is 0 Å². The van der Waals surface area contributed by atoms with Crippen LogP contribution in [0.5, 0.6) is 0 Å². The molecule has 300 valence electrons. The maximum Gasteiger partial charge on any atom is 0.0540 e. The Kier molecular flexibility index (Phi) is 9.20. The Morgan fingerprint density at radius 2 is 0.672 bits per heavy atom. The molecule has 0 atom stereocenters. The summed E-state index contributed by atoms with van der Waals surface area (Å²) in [5.74, 6) is 0. The van der Waals surface area contributed by atoms with Gasteiger partial charge < -0.3 is 9.80 Å². The summed E-state index contributed by atoms with van der Waals surface area (Å²) in [5, 5.41) is 4.89. The Hall–Kier alpha value is -8.46. The maximum absolute atomic E-state index is 2.41. The highest BCUT2D eigenvalue weighted by atomic mass is 15.2. The van der Waals surface area contributed by atoms with E-state index < -0.39 is 0 Å². The molecule has 0 fully saturated rings. The number of para-hydroxylation sites is 2. The summed E-state index contributed by atoms with van der Waals surface area (Å²) in [6.07, 6.45) is 0. The third kappa shape index (κ3) is 6.61. The van der Waals surface area contributed by atoms with E-state index in [0.717, 1.165) is 22.7 Å². The molecule has 2 heteroatoms. The largest absolute Gasteiger partial charge is 0.310 e. The highest BCUT2D eigenvalue weighted by Crippen LogP contribution is 2.51. The van der Waals surface area contributed by atoms with Gasteiger partial charge in [0.25, 0.3) is 0 Å². The Morgan fingerprint density at radius 3 is 1.30 bits per heavy atom. The van der Waals surface area contributed by atoms with E-state index >= 15 is 0 Å². The molecular weight excluding hydrogens is 773 g/mol. The molecule has 0 saturated carbocycles. The van der Waals surface area contributed by atoms with Crippen LogP contribution >= 0.6 is 0 Å². The van der Waals surface area contributed by atoms with Gasteiger partial charge in [-0.1, -0.05) is 182 Å². The van der Waals surface area contributed by atoms with Crippen LogP contribution in [-0.2, 0) is 0 Å². The van der Waals surface area contributed by atoms with Crippen molar-refractivity contribution in [3.05, 3.63) is 255 Å². The number of rotatable bonds is 7. The average molecular weight is 815 g/mol. The first-order valence-electron chi connectivity index (χ1n) is 22.0. The predicted molar refractivity (Wildman–Crippen MR) is 272 cm³/mol. The zero-order chi connectivity index (χ0) is 42.4. The number of benzene rings is 11. The van der Waals surface area contributed by atoms with E-state index in [1.54, 1.807) is 0 Å². The van der Waals surface area contributed by atoms with E-state index in [4.69, 9.17) is 0 Å². The van der Waals surface area contributed by atoms with Crippen LogP contribution in [0.1, 0.15) is 0 Å². The Bertz CT molecular complexity index is 3390. The third-order valence-electron chi connectivity index (χ3n) is 12.8. The van der Waals surface area contributed by atoms with E-state index in [2.05, 4.69) is 265 Å². The van der Waals surface area contributed by atoms with Crippen molar-refractivity contribution in [1.82, 2.24) is 0 Å². The molecule has 2 nitrogen and oxygen atoms in total. The van der Waals surface area contributed by atoms with Crippen molar-refractivity contribution in [2.75, 3.05) is 9.80 Å². The van der Waals surface area contributed by atoms with Crippen LogP contribution in [-0.4, -0.2) is 0 Å². The van der Waals surface area contributed by atoms with Crippen LogP contribution in [0.3, 0.4) is 0 Å². The second-order valence-corrected chi connectivity index (χ2v) is 16.5. The number of fused-ring (bicyclic) bond motifs is 8. The van der Waals surface area contributed by atoms with Gasteiger partial charge in [0, 0.05) is 33.9 Å². The molecule has 11 aromatic carbocycles. The fraction of sp³-hybridized carbons (Fsp3) is 0. The third-order valence-corrected chi connectivity index (χ3v) is 12.8. The van der Waals surface area contributed by atoms with Crippen LogP contribution in [0.2, 0.25) is 0 Å². The number of hydrogen-bond acceptors (Lipinski definition) is 2. The van der Waals surface area contributed by atoms with Gasteiger partial charge in [-0.15, -0.1) is 0 Å². The van der Waals surface area contributed by atoms with Gasteiger partial charge >= 0.3 is 0 Å². The molecule has 0 aromatic heterocycles. The van der Waals surface area contributed by atoms with Crippen molar-refractivity contribution < 1.29 is 0 Å². The molecule has 1 aliphatic heterocycles. The first-order chi connectivity index (χ1) is 31.7. The predicted octanol–water partition coefficient (Wildman–Crippen LogP) is 17.6. The summed E-state index contributed by atoms with van der Waals surface area (Å²) in [7, 11) is 0. The van der Waals surface area contributed by atoms with Crippen LogP contribution < -0.4 is 9.80 Å². The standard InChI is InChI=1S/C62H42N2/c1-4-14-43(15-5-1)45-26-32-52(33-27-45)63(53-34-28-46(29-35-53)44-16-6-2-7-17-44)54-36-38-56-50(41-54)25-24-49-40-47(30-37-55(49)56)48-31-39-62-60(42-48)58-21-11-10-20-57(58)59-22-12-13-23-61(59)64(62)51-18-8-3-9-19-51/h1-42H.